The van der Waals surface area contributed by atoms with Gasteiger partial charge in [0, 0.05) is 17.8 Å². The van der Waals surface area contributed by atoms with Crippen LogP contribution in [0, 0.1) is 18.8 Å². The zero-order valence-corrected chi connectivity index (χ0v) is 24.0. The van der Waals surface area contributed by atoms with Gasteiger partial charge in [-0.15, -0.1) is 17.3 Å². The number of hydrogen-bond acceptors (Lipinski definition) is 10. The summed E-state index contributed by atoms with van der Waals surface area (Å²) < 4.78 is 2.86. The number of ketones is 1. The predicted octanol–water partition coefficient (Wildman–Crippen LogP) is 4.42. The molecule has 220 valence electrons. The van der Waals surface area contributed by atoms with E-state index in [1.54, 1.807) is 48.8 Å². The van der Waals surface area contributed by atoms with Crippen LogP contribution in [0.1, 0.15) is 27.3 Å². The Labute approximate surface area is 253 Å². The van der Waals surface area contributed by atoms with Crippen molar-refractivity contribution < 1.29 is 10.0 Å². The topological polar surface area (TPSA) is 191 Å². The number of aromatic nitrogens is 6. The van der Waals surface area contributed by atoms with Crippen LogP contribution in [0.4, 0.5) is 5.69 Å². The van der Waals surface area contributed by atoms with E-state index in [-0.39, 0.29) is 40.8 Å². The fraction of sp³-hybridized carbons (Fsp3) is 0.0667. The molecule has 0 bridgehead atoms. The number of fused-ring (bicyclic) bond motifs is 8. The van der Waals surface area contributed by atoms with Crippen LogP contribution >= 0.6 is 12.4 Å². The summed E-state index contributed by atoms with van der Waals surface area (Å²) in [5, 5.41) is 11.2. The van der Waals surface area contributed by atoms with E-state index in [1.165, 1.54) is 8.97 Å². The van der Waals surface area contributed by atoms with Crippen molar-refractivity contribution in [2.75, 3.05) is 0 Å². The summed E-state index contributed by atoms with van der Waals surface area (Å²) in [5.41, 5.74) is 4.64. The van der Waals surface area contributed by atoms with Crippen molar-refractivity contribution in [3.63, 3.8) is 0 Å². The number of halogens is 1. The number of aromatic amines is 1. The number of aryl methyl sites for hydroxylation is 2. The molecule has 0 fully saturated rings. The maximum Gasteiger partial charge on any atom is 0.267 e. The molecule has 6 heterocycles. The zero-order chi connectivity index (χ0) is 30.4. The van der Waals surface area contributed by atoms with E-state index in [2.05, 4.69) is 31.0 Å². The number of carbonyl (C=O) groups excluding carboxylic acids is 1. The number of nitrogens with zero attached hydrogens (tertiary/aromatic N) is 6. The molecular formula is C30H23ClN8O5. The second kappa shape index (κ2) is 11.6. The lowest BCUT2D eigenvalue weighted by Crippen LogP contribution is -2.21. The van der Waals surface area contributed by atoms with Crippen molar-refractivity contribution in [2.24, 2.45) is 11.1 Å². The number of nitroso groups, excluding NO2 is 1. The molecule has 44 heavy (non-hydrogen) atoms. The molecule has 0 saturated carbocycles. The summed E-state index contributed by atoms with van der Waals surface area (Å²) in [6, 6.07) is 17.8. The fourth-order valence-electron chi connectivity index (χ4n) is 5.26. The van der Waals surface area contributed by atoms with E-state index >= 15 is 0 Å². The third kappa shape index (κ3) is 4.52. The van der Waals surface area contributed by atoms with Crippen molar-refractivity contribution in [2.45, 2.75) is 13.8 Å². The Morgan fingerprint density at radius 2 is 1.52 bits per heavy atom. The summed E-state index contributed by atoms with van der Waals surface area (Å²) in [4.78, 5) is 64.3. The minimum atomic E-state index is -0.256. The predicted molar refractivity (Wildman–Crippen MR) is 168 cm³/mol. The Hall–Kier alpha value is -5.63. The summed E-state index contributed by atoms with van der Waals surface area (Å²) in [5.74, 6) is 3.41. The highest BCUT2D eigenvalue weighted by Gasteiger charge is 2.30. The van der Waals surface area contributed by atoms with Gasteiger partial charge in [0.2, 0.25) is 5.78 Å². The van der Waals surface area contributed by atoms with Gasteiger partial charge in [0.15, 0.2) is 17.2 Å². The van der Waals surface area contributed by atoms with Gasteiger partial charge in [-0.2, -0.15) is 0 Å². The van der Waals surface area contributed by atoms with Crippen LogP contribution in [0.5, 0.6) is 0 Å². The molecule has 7 aromatic rings. The Kier molecular flexibility index (Phi) is 7.85. The number of nitrogens with two attached hydrogens (primary N) is 1. The van der Waals surface area contributed by atoms with Gasteiger partial charge in [0.05, 0.1) is 27.5 Å². The van der Waals surface area contributed by atoms with E-state index in [4.69, 9.17) is 5.21 Å². The quantitative estimate of drug-likeness (QED) is 0.178. The average molecular weight is 611 g/mol. The Balaban J connectivity index is 0.000000162. The van der Waals surface area contributed by atoms with E-state index in [0.29, 0.717) is 49.9 Å². The second-order valence-electron chi connectivity index (χ2n) is 9.77. The number of benzene rings is 2. The molecule has 13 nitrogen and oxygen atoms in total. The molecule has 0 aliphatic carbocycles. The van der Waals surface area contributed by atoms with Crippen LogP contribution in [0.3, 0.4) is 0 Å². The van der Waals surface area contributed by atoms with Crippen molar-refractivity contribution in [1.29, 1.82) is 0 Å². The molecule has 0 atom stereocenters. The molecule has 2 aromatic carbocycles. The van der Waals surface area contributed by atoms with E-state index in [9.17, 15) is 19.3 Å². The molecule has 14 heteroatoms. The Morgan fingerprint density at radius 3 is 2.27 bits per heavy atom. The molecule has 1 aliphatic rings. The fourth-order valence-corrected chi connectivity index (χ4v) is 5.26. The van der Waals surface area contributed by atoms with E-state index in [0.717, 1.165) is 11.1 Å². The monoisotopic (exact) mass is 610 g/mol. The third-order valence-corrected chi connectivity index (χ3v) is 7.15. The molecule has 5 aromatic heterocycles. The number of nitrogens with one attached hydrogen (secondary N) is 1. The van der Waals surface area contributed by atoms with Gasteiger partial charge >= 0.3 is 0 Å². The van der Waals surface area contributed by atoms with Gasteiger partial charge in [-0.05, 0) is 67.6 Å². The van der Waals surface area contributed by atoms with Gasteiger partial charge in [-0.3, -0.25) is 23.4 Å². The van der Waals surface area contributed by atoms with Gasteiger partial charge in [-0.1, -0.05) is 23.3 Å². The molecular weight excluding hydrogens is 588 g/mol. The highest BCUT2D eigenvalue weighted by atomic mass is 35.5. The first-order valence-electron chi connectivity index (χ1n) is 12.9. The first-order chi connectivity index (χ1) is 20.9. The Bertz CT molecular complexity index is 2400. The third-order valence-electron chi connectivity index (χ3n) is 7.15. The van der Waals surface area contributed by atoms with Gasteiger partial charge in [-0.25, -0.2) is 20.8 Å². The number of carbonyl (C=O) groups is 1. The van der Waals surface area contributed by atoms with Gasteiger partial charge in [0.25, 0.3) is 11.1 Å². The SMILES string of the molecule is Cc1ccc2c(c1)C(=O)c1nc3ncccc3c(=O)n1-2.Cc1ccc2c(c1)c(N=O)c1[nH]c3ncccc3c(=O)n12.Cl.NO. The van der Waals surface area contributed by atoms with Gasteiger partial charge in [0.1, 0.15) is 11.3 Å². The maximum absolute atomic E-state index is 12.7. The molecule has 0 spiro atoms. The highest BCUT2D eigenvalue weighted by Crippen LogP contribution is 2.33. The number of H-pyrrole nitrogens is 1. The summed E-state index contributed by atoms with van der Waals surface area (Å²) in [6.45, 7) is 3.83. The lowest BCUT2D eigenvalue weighted by atomic mass is 10.1. The van der Waals surface area contributed by atoms with Crippen LogP contribution < -0.4 is 17.0 Å². The molecule has 0 amide bonds. The van der Waals surface area contributed by atoms with Crippen molar-refractivity contribution >= 4 is 62.5 Å². The average Bonchev–Trinajstić information content (AvgIpc) is 3.49. The molecule has 0 saturated heterocycles. The molecule has 4 N–H and O–H groups in total. The minimum Gasteiger partial charge on any atom is -0.323 e. The van der Waals surface area contributed by atoms with Crippen LogP contribution in [0.15, 0.2) is 87.8 Å². The van der Waals surface area contributed by atoms with Crippen LogP contribution in [-0.2, 0) is 0 Å². The number of pyridine rings is 2. The van der Waals surface area contributed by atoms with Crippen LogP contribution in [0.2, 0.25) is 0 Å². The maximum atomic E-state index is 12.7. The largest absolute Gasteiger partial charge is 0.323 e. The highest BCUT2D eigenvalue weighted by molar-refractivity contribution is 6.13. The molecule has 0 radical (unpaired) electrons. The van der Waals surface area contributed by atoms with Crippen molar-refractivity contribution in [3.05, 3.63) is 121 Å². The molecule has 0 unspecified atom stereocenters. The molecule has 1 aliphatic heterocycles. The smallest absolute Gasteiger partial charge is 0.267 e. The number of hydrogen-bond donors (Lipinski definition) is 3. The lowest BCUT2D eigenvalue weighted by molar-refractivity contribution is 0.103. The Morgan fingerprint density at radius 1 is 0.841 bits per heavy atom. The first-order valence-corrected chi connectivity index (χ1v) is 12.9. The van der Waals surface area contributed by atoms with E-state index < -0.39 is 0 Å². The summed E-state index contributed by atoms with van der Waals surface area (Å²) in [7, 11) is 0. The second-order valence-corrected chi connectivity index (χ2v) is 9.77. The molecule has 8 rings (SSSR count). The van der Waals surface area contributed by atoms with Crippen LogP contribution in [0.25, 0.3) is 44.3 Å². The summed E-state index contributed by atoms with van der Waals surface area (Å²) in [6.07, 6.45) is 3.15. The first kappa shape index (κ1) is 29.8. The lowest BCUT2D eigenvalue weighted by Gasteiger charge is -2.04. The normalized spacial score (nSPS) is 11.3. The van der Waals surface area contributed by atoms with Gasteiger partial charge < -0.3 is 10.2 Å². The van der Waals surface area contributed by atoms with E-state index in [1.807, 2.05) is 38.1 Å². The minimum absolute atomic E-state index is 0. The summed E-state index contributed by atoms with van der Waals surface area (Å²) >= 11 is 0. The van der Waals surface area contributed by atoms with Crippen molar-refractivity contribution in [1.82, 2.24) is 28.9 Å². The number of rotatable bonds is 1. The van der Waals surface area contributed by atoms with Crippen LogP contribution in [-0.4, -0.2) is 39.9 Å². The standard InChI is InChI=1S/C15H10N4O2.C15H9N3O2.ClH.H3NO/c1-8-4-5-11-10(7-8)12(18-21)14-17-13-9(3-2-6-16-13)15(20)19(11)14;1-8-4-5-11-10(7-8)12(19)14-17-13-9(3-2-6-16-13)15(20)18(11)14;;1-2/h2-7H,1H3,(H,16,17);2-7H,1H3;1H;2H,1H2. The van der Waals surface area contributed by atoms with Crippen molar-refractivity contribution in [3.8, 4) is 5.69 Å². The zero-order valence-electron chi connectivity index (χ0n) is 23.2.